The number of rotatable bonds is 7. The third-order valence-electron chi connectivity index (χ3n) is 3.62. The van der Waals surface area contributed by atoms with Gasteiger partial charge in [0.1, 0.15) is 18.1 Å². The second-order valence-electron chi connectivity index (χ2n) is 5.71. The highest BCUT2D eigenvalue weighted by atomic mass is 35.5. The minimum Gasteiger partial charge on any atom is -0.489 e. The highest BCUT2D eigenvalue weighted by molar-refractivity contribution is 6.35. The molecule has 1 amide bonds. The summed E-state index contributed by atoms with van der Waals surface area (Å²) in [7, 11) is 0. The Bertz CT molecular complexity index is 916. The minimum absolute atomic E-state index is 0.170. The fourth-order valence-corrected chi connectivity index (χ4v) is 2.80. The topological polar surface area (TPSA) is 47.6 Å². The summed E-state index contributed by atoms with van der Waals surface area (Å²) in [5, 5.41) is 3.63. The van der Waals surface area contributed by atoms with Crippen molar-refractivity contribution in [2.45, 2.75) is 6.61 Å². The van der Waals surface area contributed by atoms with Gasteiger partial charge >= 0.3 is 0 Å². The molecule has 1 N–H and O–H groups in total. The number of halogens is 2. The van der Waals surface area contributed by atoms with E-state index in [-0.39, 0.29) is 12.5 Å². The molecule has 0 saturated heterocycles. The van der Waals surface area contributed by atoms with E-state index in [0.29, 0.717) is 33.8 Å². The van der Waals surface area contributed by atoms with Gasteiger partial charge in [0.2, 0.25) is 0 Å². The summed E-state index contributed by atoms with van der Waals surface area (Å²) < 4.78 is 11.2. The van der Waals surface area contributed by atoms with E-state index in [9.17, 15) is 4.79 Å². The Morgan fingerprint density at radius 3 is 2.48 bits per heavy atom. The highest BCUT2D eigenvalue weighted by Gasteiger charge is 2.08. The molecule has 138 valence electrons. The Hall–Kier alpha value is -2.69. The number of carbonyl (C=O) groups is 1. The van der Waals surface area contributed by atoms with E-state index in [1.165, 1.54) is 0 Å². The van der Waals surface area contributed by atoms with Crippen molar-refractivity contribution in [1.29, 1.82) is 0 Å². The van der Waals surface area contributed by atoms with Crippen molar-refractivity contribution in [3.05, 3.63) is 88.4 Å². The SMILES string of the molecule is O=C(COc1ccc(Cl)cc1Cl)Nc1cccc(OCc2ccccc2)c1. The summed E-state index contributed by atoms with van der Waals surface area (Å²) in [6.45, 7) is 0.285. The lowest BCUT2D eigenvalue weighted by Gasteiger charge is -2.11. The third-order valence-corrected chi connectivity index (χ3v) is 4.15. The van der Waals surface area contributed by atoms with Gasteiger partial charge in [0.05, 0.1) is 5.02 Å². The lowest BCUT2D eigenvalue weighted by Crippen LogP contribution is -2.20. The van der Waals surface area contributed by atoms with E-state index >= 15 is 0 Å². The van der Waals surface area contributed by atoms with Crippen molar-refractivity contribution in [2.75, 3.05) is 11.9 Å². The largest absolute Gasteiger partial charge is 0.489 e. The molecule has 3 aromatic rings. The van der Waals surface area contributed by atoms with Crippen LogP contribution in [0.2, 0.25) is 10.0 Å². The average molecular weight is 402 g/mol. The first-order valence-corrected chi connectivity index (χ1v) is 9.00. The first-order valence-electron chi connectivity index (χ1n) is 8.24. The van der Waals surface area contributed by atoms with Gasteiger partial charge in [0.25, 0.3) is 5.91 Å². The van der Waals surface area contributed by atoms with Crippen molar-refractivity contribution >= 4 is 34.8 Å². The summed E-state index contributed by atoms with van der Waals surface area (Å²) >= 11 is 11.9. The molecule has 0 fully saturated rings. The van der Waals surface area contributed by atoms with Crippen LogP contribution in [0.4, 0.5) is 5.69 Å². The van der Waals surface area contributed by atoms with Crippen molar-refractivity contribution in [1.82, 2.24) is 0 Å². The molecule has 0 bridgehead atoms. The average Bonchev–Trinajstić information content (AvgIpc) is 2.67. The predicted molar refractivity (Wildman–Crippen MR) is 108 cm³/mol. The third kappa shape index (κ3) is 5.91. The Labute approximate surface area is 167 Å². The van der Waals surface area contributed by atoms with Gasteiger partial charge in [-0.1, -0.05) is 59.6 Å². The molecule has 0 aliphatic heterocycles. The number of carbonyl (C=O) groups excluding carboxylic acids is 1. The van der Waals surface area contributed by atoms with E-state index < -0.39 is 0 Å². The normalized spacial score (nSPS) is 10.3. The van der Waals surface area contributed by atoms with E-state index in [1.807, 2.05) is 42.5 Å². The molecule has 0 aliphatic carbocycles. The van der Waals surface area contributed by atoms with Gasteiger partial charge in [0.15, 0.2) is 6.61 Å². The summed E-state index contributed by atoms with van der Waals surface area (Å²) in [5.74, 6) is 0.760. The van der Waals surface area contributed by atoms with Gasteiger partial charge in [-0.2, -0.15) is 0 Å². The first-order chi connectivity index (χ1) is 13.1. The van der Waals surface area contributed by atoms with Gasteiger partial charge in [-0.25, -0.2) is 0 Å². The lowest BCUT2D eigenvalue weighted by atomic mass is 10.2. The monoisotopic (exact) mass is 401 g/mol. The van der Waals surface area contributed by atoms with Crippen LogP contribution in [-0.4, -0.2) is 12.5 Å². The fourth-order valence-electron chi connectivity index (χ4n) is 2.34. The van der Waals surface area contributed by atoms with Crippen LogP contribution in [0.1, 0.15) is 5.56 Å². The molecule has 0 aliphatic rings. The van der Waals surface area contributed by atoms with Gasteiger partial charge in [0, 0.05) is 16.8 Å². The number of hydrogen-bond acceptors (Lipinski definition) is 3. The molecule has 0 radical (unpaired) electrons. The molecular weight excluding hydrogens is 385 g/mol. The van der Waals surface area contributed by atoms with Gasteiger partial charge in [-0.05, 0) is 35.9 Å². The standard InChI is InChI=1S/C21H17Cl2NO3/c22-16-9-10-20(19(23)11-16)27-14-21(25)24-17-7-4-8-18(12-17)26-13-15-5-2-1-3-6-15/h1-12H,13-14H2,(H,24,25). The molecule has 0 unspecified atom stereocenters. The van der Waals surface area contributed by atoms with Crippen LogP contribution < -0.4 is 14.8 Å². The second-order valence-corrected chi connectivity index (χ2v) is 6.56. The van der Waals surface area contributed by atoms with Gasteiger partial charge in [-0.3, -0.25) is 4.79 Å². The first kappa shape index (κ1) is 19.1. The maximum absolute atomic E-state index is 12.1. The molecule has 3 aromatic carbocycles. The van der Waals surface area contributed by atoms with E-state index in [1.54, 1.807) is 30.3 Å². The summed E-state index contributed by atoms with van der Waals surface area (Å²) in [5.41, 5.74) is 1.69. The summed E-state index contributed by atoms with van der Waals surface area (Å²) in [6.07, 6.45) is 0. The number of hydrogen-bond donors (Lipinski definition) is 1. The number of benzene rings is 3. The second kappa shape index (κ2) is 9.31. The maximum Gasteiger partial charge on any atom is 0.262 e. The number of nitrogens with one attached hydrogen (secondary N) is 1. The van der Waals surface area contributed by atoms with E-state index in [4.69, 9.17) is 32.7 Å². The van der Waals surface area contributed by atoms with E-state index in [2.05, 4.69) is 5.32 Å². The highest BCUT2D eigenvalue weighted by Crippen LogP contribution is 2.27. The minimum atomic E-state index is -0.304. The number of amides is 1. The van der Waals surface area contributed by atoms with Crippen molar-refractivity contribution in [2.24, 2.45) is 0 Å². The fraction of sp³-hybridized carbons (Fsp3) is 0.0952. The van der Waals surface area contributed by atoms with Crippen LogP contribution in [0.25, 0.3) is 0 Å². The Morgan fingerprint density at radius 1 is 0.889 bits per heavy atom. The van der Waals surface area contributed by atoms with E-state index in [0.717, 1.165) is 5.56 Å². The maximum atomic E-state index is 12.1. The molecule has 3 rings (SSSR count). The van der Waals surface area contributed by atoms with Gasteiger partial charge in [-0.15, -0.1) is 0 Å². The van der Waals surface area contributed by atoms with Gasteiger partial charge < -0.3 is 14.8 Å². The molecule has 0 aromatic heterocycles. The van der Waals surface area contributed by atoms with Crippen LogP contribution in [0.15, 0.2) is 72.8 Å². The molecule has 0 saturated carbocycles. The smallest absolute Gasteiger partial charge is 0.262 e. The van der Waals surface area contributed by atoms with Crippen molar-refractivity contribution < 1.29 is 14.3 Å². The Kier molecular flexibility index (Phi) is 6.58. The molecule has 0 heterocycles. The van der Waals surface area contributed by atoms with Crippen molar-refractivity contribution in [3.8, 4) is 11.5 Å². The Morgan fingerprint density at radius 2 is 1.70 bits per heavy atom. The number of anilines is 1. The van der Waals surface area contributed by atoms with Crippen LogP contribution in [-0.2, 0) is 11.4 Å². The number of ether oxygens (including phenoxy) is 2. The molecule has 27 heavy (non-hydrogen) atoms. The summed E-state index contributed by atoms with van der Waals surface area (Å²) in [4.78, 5) is 12.1. The Balaban J connectivity index is 1.53. The lowest BCUT2D eigenvalue weighted by molar-refractivity contribution is -0.118. The molecule has 0 atom stereocenters. The zero-order chi connectivity index (χ0) is 19.1. The van der Waals surface area contributed by atoms with Crippen LogP contribution in [0, 0.1) is 0 Å². The van der Waals surface area contributed by atoms with Crippen LogP contribution >= 0.6 is 23.2 Å². The quantitative estimate of drug-likeness (QED) is 0.561. The zero-order valence-electron chi connectivity index (χ0n) is 14.3. The van der Waals surface area contributed by atoms with Crippen LogP contribution in [0.5, 0.6) is 11.5 Å². The zero-order valence-corrected chi connectivity index (χ0v) is 15.8. The molecular formula is C21H17Cl2NO3. The molecule has 0 spiro atoms. The predicted octanol–water partition coefficient (Wildman–Crippen LogP) is 5.59. The molecule has 6 heteroatoms. The summed E-state index contributed by atoms with van der Waals surface area (Å²) in [6, 6.07) is 21.9. The molecule has 4 nitrogen and oxygen atoms in total. The van der Waals surface area contributed by atoms with Crippen molar-refractivity contribution in [3.63, 3.8) is 0 Å². The van der Waals surface area contributed by atoms with Crippen LogP contribution in [0.3, 0.4) is 0 Å².